The lowest BCUT2D eigenvalue weighted by molar-refractivity contribution is 0.122. The Kier molecular flexibility index (Phi) is 5.42. The first kappa shape index (κ1) is 19.0. The molecule has 0 radical (unpaired) electrons. The van der Waals surface area contributed by atoms with Crippen molar-refractivity contribution in [3.05, 3.63) is 42.0 Å². The van der Waals surface area contributed by atoms with Crippen LogP contribution in [0.15, 0.2) is 35.5 Å². The third-order valence-corrected chi connectivity index (χ3v) is 5.94. The van der Waals surface area contributed by atoms with Crippen molar-refractivity contribution in [2.75, 3.05) is 26.8 Å². The number of methoxy groups -OCH3 is 1. The molecule has 2 heterocycles. The zero-order valence-electron chi connectivity index (χ0n) is 14.8. The minimum atomic E-state index is -3.84. The molecule has 26 heavy (non-hydrogen) atoms. The van der Waals surface area contributed by atoms with Crippen LogP contribution in [-0.2, 0) is 14.8 Å². The predicted molar refractivity (Wildman–Crippen MR) is 95.3 cm³/mol. The quantitative estimate of drug-likeness (QED) is 0.755. The topological polar surface area (TPSA) is 85.2 Å². The zero-order chi connectivity index (χ0) is 18.8. The zero-order valence-corrected chi connectivity index (χ0v) is 15.6. The number of ether oxygens (including phenoxy) is 1. The number of hydrogen-bond donors (Lipinski definition) is 2. The molecule has 1 aliphatic heterocycles. The van der Waals surface area contributed by atoms with E-state index in [0.717, 1.165) is 31.0 Å². The van der Waals surface area contributed by atoms with Gasteiger partial charge in [-0.15, -0.1) is 0 Å². The highest BCUT2D eigenvalue weighted by atomic mass is 32.2. The number of aromatic nitrogens is 2. The Morgan fingerprint density at radius 3 is 2.85 bits per heavy atom. The van der Waals surface area contributed by atoms with E-state index in [1.165, 1.54) is 16.8 Å². The Hall–Kier alpha value is -1.81. The fourth-order valence-electron chi connectivity index (χ4n) is 3.17. The van der Waals surface area contributed by atoms with Gasteiger partial charge in [0, 0.05) is 19.9 Å². The molecule has 2 aromatic rings. The molecule has 0 spiro atoms. The Bertz CT molecular complexity index is 876. The Labute approximate surface area is 152 Å². The highest BCUT2D eigenvalue weighted by molar-refractivity contribution is 7.89. The largest absolute Gasteiger partial charge is 0.383 e. The van der Waals surface area contributed by atoms with Crippen LogP contribution in [0.1, 0.15) is 18.4 Å². The van der Waals surface area contributed by atoms with Crippen molar-refractivity contribution in [3.63, 3.8) is 0 Å². The normalized spacial score (nSPS) is 20.6. The average molecular weight is 382 g/mol. The first-order valence-electron chi connectivity index (χ1n) is 8.40. The lowest BCUT2D eigenvalue weighted by Crippen LogP contribution is -2.52. The first-order valence-corrected chi connectivity index (χ1v) is 9.88. The summed E-state index contributed by atoms with van der Waals surface area (Å²) in [7, 11) is -2.25. The van der Waals surface area contributed by atoms with Crippen molar-refractivity contribution in [3.8, 4) is 5.69 Å². The van der Waals surface area contributed by atoms with Gasteiger partial charge in [-0.05, 0) is 50.1 Å². The summed E-state index contributed by atoms with van der Waals surface area (Å²) in [6.45, 7) is 3.25. The van der Waals surface area contributed by atoms with Crippen LogP contribution in [-0.4, -0.2) is 50.5 Å². The summed E-state index contributed by atoms with van der Waals surface area (Å²) in [6.07, 6.45) is 5.05. The van der Waals surface area contributed by atoms with Gasteiger partial charge in [-0.3, -0.25) is 0 Å². The molecule has 1 aromatic carbocycles. The molecule has 142 valence electrons. The van der Waals surface area contributed by atoms with Gasteiger partial charge in [-0.2, -0.15) is 5.10 Å². The van der Waals surface area contributed by atoms with E-state index in [9.17, 15) is 12.8 Å². The molecule has 3 rings (SSSR count). The van der Waals surface area contributed by atoms with Crippen LogP contribution in [0, 0.1) is 12.7 Å². The van der Waals surface area contributed by atoms with Gasteiger partial charge in [0.1, 0.15) is 11.5 Å². The van der Waals surface area contributed by atoms with Crippen LogP contribution < -0.4 is 10.0 Å². The lowest BCUT2D eigenvalue weighted by Gasteiger charge is -2.28. The molecule has 9 heteroatoms. The first-order chi connectivity index (χ1) is 12.4. The van der Waals surface area contributed by atoms with Gasteiger partial charge in [0.15, 0.2) is 0 Å². The molecular weight excluding hydrogens is 359 g/mol. The minimum absolute atomic E-state index is 0.117. The number of benzene rings is 1. The third kappa shape index (κ3) is 3.96. The van der Waals surface area contributed by atoms with Gasteiger partial charge in [-0.25, -0.2) is 22.2 Å². The van der Waals surface area contributed by atoms with Crippen LogP contribution >= 0.6 is 0 Å². The summed E-state index contributed by atoms with van der Waals surface area (Å²) in [6, 6.07) is 3.80. The van der Waals surface area contributed by atoms with Gasteiger partial charge >= 0.3 is 0 Å². The second-order valence-corrected chi connectivity index (χ2v) is 8.41. The van der Waals surface area contributed by atoms with Crippen molar-refractivity contribution in [2.45, 2.75) is 30.2 Å². The van der Waals surface area contributed by atoms with E-state index in [-0.39, 0.29) is 17.1 Å². The molecular formula is C17H23FN4O3S. The monoisotopic (exact) mass is 382 g/mol. The van der Waals surface area contributed by atoms with Crippen molar-refractivity contribution < 1.29 is 17.5 Å². The van der Waals surface area contributed by atoms with Gasteiger partial charge in [0.05, 0.1) is 23.2 Å². The second kappa shape index (κ2) is 7.43. The highest BCUT2D eigenvalue weighted by Crippen LogP contribution is 2.21. The molecule has 1 fully saturated rings. The summed E-state index contributed by atoms with van der Waals surface area (Å²) in [5, 5.41) is 7.35. The molecule has 2 N–H and O–H groups in total. The van der Waals surface area contributed by atoms with Gasteiger partial charge in [0.2, 0.25) is 10.0 Å². The van der Waals surface area contributed by atoms with E-state index in [1.807, 2.05) is 6.92 Å². The number of aryl methyl sites for hydroxylation is 1. The molecule has 0 saturated carbocycles. The second-order valence-electron chi connectivity index (χ2n) is 6.64. The van der Waals surface area contributed by atoms with Crippen LogP contribution in [0.25, 0.3) is 5.69 Å². The van der Waals surface area contributed by atoms with Crippen LogP contribution in [0.3, 0.4) is 0 Å². The summed E-state index contributed by atoms with van der Waals surface area (Å²) in [5.74, 6) is -0.651. The minimum Gasteiger partial charge on any atom is -0.383 e. The number of halogens is 1. The number of nitrogens with one attached hydrogen (secondary N) is 2. The van der Waals surface area contributed by atoms with Gasteiger partial charge in [-0.1, -0.05) is 0 Å². The number of sulfonamides is 1. The van der Waals surface area contributed by atoms with Crippen LogP contribution in [0.4, 0.5) is 4.39 Å². The van der Waals surface area contributed by atoms with Crippen molar-refractivity contribution in [1.82, 2.24) is 19.8 Å². The van der Waals surface area contributed by atoms with E-state index in [1.54, 1.807) is 19.5 Å². The van der Waals surface area contributed by atoms with E-state index in [2.05, 4.69) is 15.1 Å². The van der Waals surface area contributed by atoms with Gasteiger partial charge in [0.25, 0.3) is 0 Å². The standard InChI is InChI=1S/C17H23FN4O3S/c1-13-9-20-22(10-13)16-5-4-14(8-15(16)18)26(23,24)21-11-17(12-25-2)6-3-7-19-17/h4-5,8-10,19,21H,3,6-7,11-12H2,1-2H3. The summed E-state index contributed by atoms with van der Waals surface area (Å²) >= 11 is 0. The molecule has 1 unspecified atom stereocenters. The van der Waals surface area contributed by atoms with E-state index < -0.39 is 21.4 Å². The summed E-state index contributed by atoms with van der Waals surface area (Å²) in [4.78, 5) is -0.117. The van der Waals surface area contributed by atoms with E-state index in [0.29, 0.717) is 6.61 Å². The molecule has 0 aliphatic carbocycles. The third-order valence-electron chi connectivity index (χ3n) is 4.54. The Balaban J connectivity index is 1.78. The molecule has 1 saturated heterocycles. The molecule has 7 nitrogen and oxygen atoms in total. The van der Waals surface area contributed by atoms with Crippen molar-refractivity contribution in [1.29, 1.82) is 0 Å². The van der Waals surface area contributed by atoms with Crippen LogP contribution in [0.2, 0.25) is 0 Å². The lowest BCUT2D eigenvalue weighted by atomic mass is 9.99. The summed E-state index contributed by atoms with van der Waals surface area (Å²) < 4.78 is 48.7. The average Bonchev–Trinajstić information content (AvgIpc) is 3.23. The maximum atomic E-state index is 14.4. The van der Waals surface area contributed by atoms with E-state index in [4.69, 9.17) is 4.74 Å². The molecule has 0 amide bonds. The highest BCUT2D eigenvalue weighted by Gasteiger charge is 2.34. The fourth-order valence-corrected chi connectivity index (χ4v) is 4.31. The summed E-state index contributed by atoms with van der Waals surface area (Å²) in [5.41, 5.74) is 0.660. The Morgan fingerprint density at radius 2 is 2.27 bits per heavy atom. The van der Waals surface area contributed by atoms with Crippen LogP contribution in [0.5, 0.6) is 0 Å². The SMILES string of the molecule is COCC1(CNS(=O)(=O)c2ccc(-n3cc(C)cn3)c(F)c2)CCCN1. The number of hydrogen-bond acceptors (Lipinski definition) is 5. The fraction of sp³-hybridized carbons (Fsp3) is 0.471. The van der Waals surface area contributed by atoms with Crippen molar-refractivity contribution in [2.24, 2.45) is 0 Å². The van der Waals surface area contributed by atoms with Crippen molar-refractivity contribution >= 4 is 10.0 Å². The predicted octanol–water partition coefficient (Wildman–Crippen LogP) is 1.37. The maximum absolute atomic E-state index is 14.4. The number of rotatable bonds is 7. The molecule has 1 aliphatic rings. The maximum Gasteiger partial charge on any atom is 0.240 e. The van der Waals surface area contributed by atoms with Gasteiger partial charge < -0.3 is 10.1 Å². The molecule has 1 atom stereocenters. The molecule has 0 bridgehead atoms. The number of nitrogens with zero attached hydrogens (tertiary/aromatic N) is 2. The molecule has 1 aromatic heterocycles. The van der Waals surface area contributed by atoms with E-state index >= 15 is 0 Å². The Morgan fingerprint density at radius 1 is 1.46 bits per heavy atom. The smallest absolute Gasteiger partial charge is 0.240 e.